The Morgan fingerprint density at radius 2 is 1.93 bits per heavy atom. The van der Waals surface area contributed by atoms with Gasteiger partial charge in [0.1, 0.15) is 12.2 Å². The summed E-state index contributed by atoms with van der Waals surface area (Å²) in [5.74, 6) is -0.309. The second kappa shape index (κ2) is 7.71. The largest absolute Gasteiger partial charge is 0.300 e. The van der Waals surface area contributed by atoms with Gasteiger partial charge in [0.05, 0.1) is 25.8 Å². The van der Waals surface area contributed by atoms with Crippen molar-refractivity contribution in [1.82, 2.24) is 14.8 Å². The van der Waals surface area contributed by atoms with E-state index >= 15 is 0 Å². The van der Waals surface area contributed by atoms with Crippen molar-refractivity contribution in [2.24, 2.45) is 0 Å². The van der Waals surface area contributed by atoms with Crippen LogP contribution in [0.4, 0.5) is 5.13 Å². The number of aromatic nitrogens is 3. The molecule has 0 bridgehead atoms. The molecule has 0 aliphatic heterocycles. The molecule has 2 heterocycles. The third-order valence-electron chi connectivity index (χ3n) is 3.95. The van der Waals surface area contributed by atoms with E-state index in [1.54, 1.807) is 18.3 Å². The highest BCUT2D eigenvalue weighted by atomic mass is 35.5. The molecule has 0 saturated carbocycles. The fourth-order valence-electron chi connectivity index (χ4n) is 2.71. The lowest BCUT2D eigenvalue weighted by Crippen LogP contribution is -2.18. The van der Waals surface area contributed by atoms with Crippen molar-refractivity contribution in [3.8, 4) is 11.3 Å². The van der Waals surface area contributed by atoms with E-state index in [9.17, 15) is 9.59 Å². The highest BCUT2D eigenvalue weighted by molar-refractivity contribution is 7.22. The number of carbonyl (C=O) groups is 2. The number of nitrogens with zero attached hydrogens (tertiary/aromatic N) is 3. The van der Waals surface area contributed by atoms with Crippen molar-refractivity contribution in [3.63, 3.8) is 0 Å². The van der Waals surface area contributed by atoms with Gasteiger partial charge in [-0.25, -0.2) is 4.98 Å². The molecular formula is C19H12Cl2N4O2S. The summed E-state index contributed by atoms with van der Waals surface area (Å²) in [6.45, 7) is -0.0505. The Balaban J connectivity index is 1.53. The van der Waals surface area contributed by atoms with E-state index in [2.05, 4.69) is 15.4 Å². The van der Waals surface area contributed by atoms with Gasteiger partial charge in [-0.2, -0.15) is 5.10 Å². The number of carbonyl (C=O) groups excluding carboxylic acids is 2. The topological polar surface area (TPSA) is 76.9 Å². The Morgan fingerprint density at radius 3 is 2.68 bits per heavy atom. The Morgan fingerprint density at radius 1 is 1.18 bits per heavy atom. The van der Waals surface area contributed by atoms with Crippen molar-refractivity contribution >= 4 is 62.1 Å². The number of halogens is 2. The first-order chi connectivity index (χ1) is 13.5. The van der Waals surface area contributed by atoms with Gasteiger partial charge < -0.3 is 5.32 Å². The quantitative estimate of drug-likeness (QED) is 0.455. The van der Waals surface area contributed by atoms with Gasteiger partial charge in [-0.15, -0.1) is 0 Å². The third-order valence-corrected chi connectivity index (χ3v) is 5.60. The third kappa shape index (κ3) is 3.77. The number of amides is 1. The van der Waals surface area contributed by atoms with Crippen LogP contribution in [0.5, 0.6) is 0 Å². The van der Waals surface area contributed by atoms with Crippen LogP contribution in [0.25, 0.3) is 21.5 Å². The molecule has 4 rings (SSSR count). The second-order valence-electron chi connectivity index (χ2n) is 5.92. The van der Waals surface area contributed by atoms with Crippen molar-refractivity contribution in [2.45, 2.75) is 6.54 Å². The number of nitrogens with one attached hydrogen (secondary N) is 1. The number of aldehydes is 1. The Bertz CT molecular complexity index is 1150. The molecule has 2 aromatic carbocycles. The summed E-state index contributed by atoms with van der Waals surface area (Å²) in [7, 11) is 0. The van der Waals surface area contributed by atoms with Crippen LogP contribution >= 0.6 is 34.5 Å². The van der Waals surface area contributed by atoms with Crippen LogP contribution in [0.15, 0.2) is 48.7 Å². The molecule has 6 nitrogen and oxygen atoms in total. The van der Waals surface area contributed by atoms with Gasteiger partial charge >= 0.3 is 0 Å². The maximum absolute atomic E-state index is 12.4. The Kier molecular flexibility index (Phi) is 5.13. The van der Waals surface area contributed by atoms with E-state index in [0.29, 0.717) is 32.0 Å². The van der Waals surface area contributed by atoms with Crippen LogP contribution in [-0.4, -0.2) is 27.0 Å². The maximum atomic E-state index is 12.4. The molecule has 28 heavy (non-hydrogen) atoms. The van der Waals surface area contributed by atoms with Gasteiger partial charge in [-0.05, 0) is 12.1 Å². The number of anilines is 1. The summed E-state index contributed by atoms with van der Waals surface area (Å²) in [6.07, 6.45) is 2.28. The summed E-state index contributed by atoms with van der Waals surface area (Å²) in [5.41, 5.74) is 2.42. The summed E-state index contributed by atoms with van der Waals surface area (Å²) in [5, 5.41) is 8.38. The van der Waals surface area contributed by atoms with Crippen LogP contribution in [0.3, 0.4) is 0 Å². The summed E-state index contributed by atoms with van der Waals surface area (Å²) in [4.78, 5) is 28.1. The van der Waals surface area contributed by atoms with Crippen molar-refractivity contribution in [1.29, 1.82) is 0 Å². The summed E-state index contributed by atoms with van der Waals surface area (Å²) in [6, 6.07) is 12.7. The van der Waals surface area contributed by atoms with Crippen molar-refractivity contribution in [3.05, 3.63) is 64.3 Å². The van der Waals surface area contributed by atoms with E-state index in [4.69, 9.17) is 23.2 Å². The van der Waals surface area contributed by atoms with Crippen LogP contribution in [0.2, 0.25) is 10.0 Å². The SMILES string of the molecule is O=Cc1cn(CC(=O)Nc2nc3cc(Cl)c(Cl)cc3s2)nc1-c1ccccc1. The number of benzene rings is 2. The average Bonchev–Trinajstić information content (AvgIpc) is 3.25. The fraction of sp³-hybridized carbons (Fsp3) is 0.0526. The van der Waals surface area contributed by atoms with Crippen molar-refractivity contribution in [2.75, 3.05) is 5.32 Å². The molecule has 0 fully saturated rings. The van der Waals surface area contributed by atoms with Gasteiger partial charge in [-0.3, -0.25) is 14.3 Å². The molecule has 1 amide bonds. The summed E-state index contributed by atoms with van der Waals surface area (Å²) >= 11 is 13.3. The Hall–Kier alpha value is -2.74. The number of fused-ring (bicyclic) bond motifs is 1. The lowest BCUT2D eigenvalue weighted by molar-refractivity contribution is -0.116. The highest BCUT2D eigenvalue weighted by Gasteiger charge is 2.14. The van der Waals surface area contributed by atoms with Gasteiger partial charge in [0.2, 0.25) is 5.91 Å². The standard InChI is InChI=1S/C19H12Cl2N4O2S/c20-13-6-15-16(7-14(13)21)28-19(22-15)23-17(27)9-25-8-12(10-26)18(24-25)11-4-2-1-3-5-11/h1-8,10H,9H2,(H,22,23,27). The van der Waals surface area contributed by atoms with Crippen LogP contribution in [-0.2, 0) is 11.3 Å². The molecular weight excluding hydrogens is 419 g/mol. The lowest BCUT2D eigenvalue weighted by atomic mass is 10.1. The minimum Gasteiger partial charge on any atom is -0.300 e. The predicted molar refractivity (Wildman–Crippen MR) is 111 cm³/mol. The Labute approximate surface area is 173 Å². The van der Waals surface area contributed by atoms with Gasteiger partial charge in [0.15, 0.2) is 11.4 Å². The molecule has 9 heteroatoms. The number of thiazole rings is 1. The van der Waals surface area contributed by atoms with E-state index in [1.165, 1.54) is 16.0 Å². The molecule has 0 aliphatic rings. The van der Waals surface area contributed by atoms with Crippen molar-refractivity contribution < 1.29 is 9.59 Å². The molecule has 140 valence electrons. The van der Waals surface area contributed by atoms with Gasteiger partial charge in [0, 0.05) is 11.8 Å². The highest BCUT2D eigenvalue weighted by Crippen LogP contribution is 2.33. The minimum absolute atomic E-state index is 0.0505. The molecule has 0 spiro atoms. The van der Waals surface area contributed by atoms with E-state index in [1.807, 2.05) is 30.3 Å². The fourth-order valence-corrected chi connectivity index (χ4v) is 4.00. The molecule has 2 aromatic heterocycles. The number of hydrogen-bond acceptors (Lipinski definition) is 5. The average molecular weight is 431 g/mol. The van der Waals surface area contributed by atoms with Gasteiger partial charge in [0.25, 0.3) is 0 Å². The maximum Gasteiger partial charge on any atom is 0.247 e. The molecule has 0 unspecified atom stereocenters. The smallest absolute Gasteiger partial charge is 0.247 e. The van der Waals surface area contributed by atoms with Crippen LogP contribution < -0.4 is 5.32 Å². The van der Waals surface area contributed by atoms with Crippen LogP contribution in [0.1, 0.15) is 10.4 Å². The van der Waals surface area contributed by atoms with Crippen LogP contribution in [0, 0.1) is 0 Å². The molecule has 0 atom stereocenters. The zero-order valence-corrected chi connectivity index (χ0v) is 16.6. The lowest BCUT2D eigenvalue weighted by Gasteiger charge is -2.02. The second-order valence-corrected chi connectivity index (χ2v) is 7.76. The zero-order valence-electron chi connectivity index (χ0n) is 14.2. The van der Waals surface area contributed by atoms with E-state index in [-0.39, 0.29) is 12.5 Å². The molecule has 0 saturated heterocycles. The first kappa shape index (κ1) is 18.6. The first-order valence-corrected chi connectivity index (χ1v) is 9.74. The minimum atomic E-state index is -0.309. The molecule has 0 radical (unpaired) electrons. The zero-order chi connectivity index (χ0) is 19.7. The predicted octanol–water partition coefficient (Wildman–Crippen LogP) is 4.92. The number of rotatable bonds is 5. The first-order valence-electron chi connectivity index (χ1n) is 8.17. The molecule has 4 aromatic rings. The normalized spacial score (nSPS) is 10.9. The van der Waals surface area contributed by atoms with E-state index in [0.717, 1.165) is 16.5 Å². The van der Waals surface area contributed by atoms with E-state index < -0.39 is 0 Å². The monoisotopic (exact) mass is 430 g/mol. The number of hydrogen-bond donors (Lipinski definition) is 1. The molecule has 1 N–H and O–H groups in total. The van der Waals surface area contributed by atoms with Gasteiger partial charge in [-0.1, -0.05) is 64.9 Å². The molecule has 0 aliphatic carbocycles. The summed E-state index contributed by atoms with van der Waals surface area (Å²) < 4.78 is 2.25.